The summed E-state index contributed by atoms with van der Waals surface area (Å²) in [5, 5.41) is 7.88. The van der Waals surface area contributed by atoms with Crippen molar-refractivity contribution in [1.29, 1.82) is 0 Å². The summed E-state index contributed by atoms with van der Waals surface area (Å²) in [6.45, 7) is 9.23. The molecule has 0 aliphatic rings. The number of carbonyl (C=O) groups is 3. The Hall–Kier alpha value is -1.26. The van der Waals surface area contributed by atoms with Crippen molar-refractivity contribution in [3.8, 4) is 0 Å². The van der Waals surface area contributed by atoms with Crippen LogP contribution >= 0.6 is 0 Å². The van der Waals surface area contributed by atoms with Crippen molar-refractivity contribution in [1.82, 2.24) is 0 Å². The van der Waals surface area contributed by atoms with E-state index in [2.05, 4.69) is 0 Å². The molecule has 183 valence electrons. The van der Waals surface area contributed by atoms with Crippen molar-refractivity contribution >= 4 is 36.2 Å². The van der Waals surface area contributed by atoms with Gasteiger partial charge in [-0.15, -0.1) is 0 Å². The molecule has 1 radical (unpaired) electrons. The summed E-state index contributed by atoms with van der Waals surface area (Å²) >= 11 is 0. The average molecular weight is 539 g/mol. The van der Waals surface area contributed by atoms with Crippen molar-refractivity contribution in [2.24, 2.45) is 0 Å². The van der Waals surface area contributed by atoms with Gasteiger partial charge in [0.2, 0.25) is 0 Å². The third-order valence-corrected chi connectivity index (χ3v) is 2.43. The van der Waals surface area contributed by atoms with Gasteiger partial charge in [0.05, 0.1) is 0 Å². The molecule has 0 rings (SSSR count). The molecule has 11 heteroatoms. The van der Waals surface area contributed by atoms with Crippen molar-refractivity contribution in [3.05, 3.63) is 0 Å². The van der Waals surface area contributed by atoms with Gasteiger partial charge in [-0.1, -0.05) is 26.2 Å². The van der Waals surface area contributed by atoms with Gasteiger partial charge in [0.15, 0.2) is 0 Å². The van der Waals surface area contributed by atoms with Gasteiger partial charge in [-0.25, -0.2) is 0 Å². The summed E-state index contributed by atoms with van der Waals surface area (Å²) in [7, 11) is 0. The first kappa shape index (κ1) is 41.0. The van der Waals surface area contributed by atoms with Crippen molar-refractivity contribution < 1.29 is 74.3 Å². The number of hydrogen-bond acceptors (Lipinski definition) is 10. The van der Waals surface area contributed by atoms with E-state index in [0.717, 1.165) is 6.42 Å². The van der Waals surface area contributed by atoms with E-state index >= 15 is 0 Å². The van der Waals surface area contributed by atoms with Crippen LogP contribution in [0, 0.1) is 0 Å². The van der Waals surface area contributed by atoms with Crippen LogP contribution in [0.1, 0.15) is 53.4 Å². The van der Waals surface area contributed by atoms with E-state index in [9.17, 15) is 28.8 Å². The van der Waals surface area contributed by atoms with Gasteiger partial charge in [0, 0.05) is 26.4 Å². The Kier molecular flexibility index (Phi) is 51.5. The molecule has 0 aliphatic carbocycles. The molecule has 0 fully saturated rings. The number of aliphatic hydroxyl groups excluding tert-OH is 1. The maximum absolute atomic E-state index is 10.4. The van der Waals surface area contributed by atoms with Crippen LogP contribution in [-0.2, 0) is 69.2 Å². The molecule has 0 bridgehead atoms. The SMILES string of the molecule is CCCO.CCOCC(=O)C[C-]=O.CCOCC(=O)C[C-]=O.CCOCC(=O)C[C-]=O.[Zr+3]. The van der Waals surface area contributed by atoms with Gasteiger partial charge in [0.25, 0.3) is 0 Å². The Morgan fingerprint density at radius 3 is 0.969 bits per heavy atom. The number of hydrogen-bond donors (Lipinski definition) is 1. The second-order valence-corrected chi connectivity index (χ2v) is 5.21. The van der Waals surface area contributed by atoms with E-state index in [1.54, 1.807) is 20.8 Å². The van der Waals surface area contributed by atoms with Gasteiger partial charge in [0.1, 0.15) is 37.2 Å². The van der Waals surface area contributed by atoms with Gasteiger partial charge < -0.3 is 33.7 Å². The van der Waals surface area contributed by atoms with Crippen LogP contribution in [-0.4, -0.2) is 87.6 Å². The Morgan fingerprint density at radius 2 is 0.844 bits per heavy atom. The first-order valence-electron chi connectivity index (χ1n) is 9.78. The molecule has 0 aromatic rings. The molecule has 0 heterocycles. The van der Waals surface area contributed by atoms with Crippen LogP contribution in [0.3, 0.4) is 0 Å². The predicted octanol–water partition coefficient (Wildman–Crippen LogP) is 0.662. The Labute approximate surface area is 209 Å². The monoisotopic (exact) mass is 537 g/mol. The number of ketones is 3. The fourth-order valence-electron chi connectivity index (χ4n) is 1.04. The normalized spacial score (nSPS) is 8.53. The molecule has 0 spiro atoms. The first-order chi connectivity index (χ1) is 14.8. The van der Waals surface area contributed by atoms with E-state index in [1.165, 1.54) is 18.9 Å². The van der Waals surface area contributed by atoms with E-state index in [1.807, 2.05) is 6.92 Å². The molecular weight excluding hydrogens is 503 g/mol. The van der Waals surface area contributed by atoms with E-state index in [4.69, 9.17) is 19.3 Å². The van der Waals surface area contributed by atoms with Crippen LogP contribution in [0.25, 0.3) is 0 Å². The molecule has 32 heavy (non-hydrogen) atoms. The number of aliphatic hydroxyl groups is 1. The molecule has 0 saturated heterocycles. The fourth-order valence-corrected chi connectivity index (χ4v) is 1.04. The number of ether oxygens (including phenoxy) is 3. The summed E-state index contributed by atoms with van der Waals surface area (Å²) in [6.07, 6.45) is 4.91. The molecule has 0 unspecified atom stereocenters. The van der Waals surface area contributed by atoms with Gasteiger partial charge in [-0.2, -0.15) is 0 Å². The third kappa shape index (κ3) is 51.4. The van der Waals surface area contributed by atoms with Gasteiger partial charge >= 0.3 is 26.2 Å². The zero-order valence-corrected chi connectivity index (χ0v) is 21.9. The van der Waals surface area contributed by atoms with E-state index in [-0.39, 0.29) is 82.6 Å². The van der Waals surface area contributed by atoms with Crippen LogP contribution in [0.2, 0.25) is 0 Å². The van der Waals surface area contributed by atoms with Gasteiger partial charge in [-0.05, 0) is 27.2 Å². The van der Waals surface area contributed by atoms with E-state index < -0.39 is 0 Å². The topological polar surface area (TPSA) is 150 Å². The molecule has 0 aliphatic heterocycles. The average Bonchev–Trinajstić information content (AvgIpc) is 2.76. The zero-order chi connectivity index (χ0) is 24.8. The van der Waals surface area contributed by atoms with Gasteiger partial charge in [-0.3, -0.25) is 33.2 Å². The third-order valence-electron chi connectivity index (χ3n) is 2.43. The minimum absolute atomic E-state index is 0. The summed E-state index contributed by atoms with van der Waals surface area (Å²) < 4.78 is 14.2. The number of carbonyl (C=O) groups excluding carboxylic acids is 6. The first-order valence-corrected chi connectivity index (χ1v) is 9.78. The predicted molar refractivity (Wildman–Crippen MR) is 113 cm³/mol. The minimum Gasteiger partial charge on any atom is -0.541 e. The molecule has 0 aromatic heterocycles. The molecule has 10 nitrogen and oxygen atoms in total. The van der Waals surface area contributed by atoms with E-state index in [0.29, 0.717) is 26.4 Å². The van der Waals surface area contributed by atoms with Crippen LogP contribution in [0.4, 0.5) is 0 Å². The van der Waals surface area contributed by atoms with Crippen LogP contribution < -0.4 is 0 Å². The summed E-state index contributed by atoms with van der Waals surface area (Å²) in [5.74, 6) is -0.648. The van der Waals surface area contributed by atoms with Crippen LogP contribution in [0.15, 0.2) is 0 Å². The second-order valence-electron chi connectivity index (χ2n) is 5.21. The van der Waals surface area contributed by atoms with Crippen molar-refractivity contribution in [2.75, 3.05) is 46.2 Å². The second kappa shape index (κ2) is 40.1. The number of Topliss-reactive ketones (excluding diaryl/α,β-unsaturated/α-hetero) is 3. The summed E-state index contributed by atoms with van der Waals surface area (Å²) in [5.41, 5.74) is 0. The molecule has 0 amide bonds. The van der Waals surface area contributed by atoms with Crippen molar-refractivity contribution in [3.63, 3.8) is 0 Å². The maximum Gasteiger partial charge on any atom is 3.00 e. The Balaban J connectivity index is -0.000000104. The quantitative estimate of drug-likeness (QED) is 0.219. The Bertz CT molecular complexity index is 392. The molecule has 0 atom stereocenters. The Morgan fingerprint density at radius 1 is 0.625 bits per heavy atom. The molecule has 0 saturated carbocycles. The largest absolute Gasteiger partial charge is 3.00 e. The van der Waals surface area contributed by atoms with Crippen molar-refractivity contribution in [2.45, 2.75) is 53.4 Å². The molecule has 1 N–H and O–H groups in total. The zero-order valence-electron chi connectivity index (χ0n) is 19.4. The smallest absolute Gasteiger partial charge is 0.541 e. The maximum atomic E-state index is 10.4. The molecular formula is C21H35O10Zr. The minimum atomic E-state index is -0.216. The summed E-state index contributed by atoms with van der Waals surface area (Å²) in [6, 6.07) is 0. The standard InChI is InChI=1S/3C6H9O3.C3H8O.Zr/c3*1-2-9-5-6(8)3-4-7;1-2-3-4;/h3*2-3,5H2,1H3;4H,2-3H2,1H3;/q3*-1;;+3. The summed E-state index contributed by atoms with van der Waals surface area (Å²) in [4.78, 5) is 60.0. The van der Waals surface area contributed by atoms with Crippen LogP contribution in [0.5, 0.6) is 0 Å². The fraction of sp³-hybridized carbons (Fsp3) is 0.714. The number of rotatable bonds is 16. The molecule has 0 aromatic carbocycles.